The van der Waals surface area contributed by atoms with E-state index in [1.807, 2.05) is 0 Å². The molecule has 1 fully saturated rings. The quantitative estimate of drug-likeness (QED) is 0.799. The van der Waals surface area contributed by atoms with E-state index in [2.05, 4.69) is 0 Å². The monoisotopic (exact) mass is 239 g/mol. The minimum absolute atomic E-state index is 0.0630. The summed E-state index contributed by atoms with van der Waals surface area (Å²) in [4.78, 5) is 12.1. The molecule has 0 unspecified atom stereocenters. The first-order chi connectivity index (χ1) is 7.12. The van der Waals surface area contributed by atoms with Crippen molar-refractivity contribution in [2.75, 3.05) is 13.1 Å². The van der Waals surface area contributed by atoms with E-state index in [0.29, 0.717) is 0 Å². The molecule has 0 saturated heterocycles. The molecule has 1 N–H and O–H groups in total. The van der Waals surface area contributed by atoms with E-state index >= 15 is 0 Å². The third kappa shape index (κ3) is 4.00. The molecule has 0 aromatic heterocycles. The van der Waals surface area contributed by atoms with Crippen molar-refractivity contribution in [2.24, 2.45) is 5.41 Å². The third-order valence-electron chi connectivity index (χ3n) is 2.62. The smallest absolute Gasteiger partial charge is 0.401 e. The van der Waals surface area contributed by atoms with Crippen LogP contribution in [0.15, 0.2) is 0 Å². The lowest BCUT2D eigenvalue weighted by atomic mass is 9.93. The summed E-state index contributed by atoms with van der Waals surface area (Å²) in [5, 5.41) is 8.88. The van der Waals surface area contributed by atoms with Gasteiger partial charge in [-0.2, -0.15) is 13.2 Å². The van der Waals surface area contributed by atoms with Crippen LogP contribution in [0.3, 0.4) is 0 Å². The fourth-order valence-corrected chi connectivity index (χ4v) is 1.56. The van der Waals surface area contributed by atoms with Gasteiger partial charge >= 0.3 is 12.1 Å². The second-order valence-corrected chi connectivity index (χ2v) is 4.94. The Morgan fingerprint density at radius 3 is 2.12 bits per heavy atom. The molecule has 6 heteroatoms. The molecular formula is C10H16F3NO2. The maximum atomic E-state index is 12.3. The van der Waals surface area contributed by atoms with E-state index in [0.717, 1.165) is 12.8 Å². The van der Waals surface area contributed by atoms with E-state index in [1.54, 1.807) is 0 Å². The average molecular weight is 239 g/mol. The number of rotatable bonds is 5. The van der Waals surface area contributed by atoms with E-state index in [9.17, 15) is 18.0 Å². The highest BCUT2D eigenvalue weighted by atomic mass is 19.4. The highest BCUT2D eigenvalue weighted by Crippen LogP contribution is 2.32. The molecule has 0 aromatic rings. The average Bonchev–Trinajstić information content (AvgIpc) is 2.80. The van der Waals surface area contributed by atoms with Crippen molar-refractivity contribution in [3.63, 3.8) is 0 Å². The van der Waals surface area contributed by atoms with Crippen LogP contribution in [-0.4, -0.2) is 41.3 Å². The van der Waals surface area contributed by atoms with E-state index in [4.69, 9.17) is 5.11 Å². The van der Waals surface area contributed by atoms with Gasteiger partial charge in [0, 0.05) is 12.6 Å². The van der Waals surface area contributed by atoms with Crippen molar-refractivity contribution in [3.05, 3.63) is 0 Å². The molecule has 0 amide bonds. The SMILES string of the molecule is CC(C)(CN(CC(F)(F)F)C1CC1)C(=O)O. The molecule has 1 rings (SSSR count). The second-order valence-electron chi connectivity index (χ2n) is 4.94. The Bertz CT molecular complexity index is 272. The molecule has 16 heavy (non-hydrogen) atoms. The Balaban J connectivity index is 2.61. The number of nitrogens with zero attached hydrogens (tertiary/aromatic N) is 1. The predicted octanol–water partition coefficient (Wildman–Crippen LogP) is 2.12. The standard InChI is InChI=1S/C10H16F3NO2/c1-9(2,8(15)16)5-14(7-3-4-7)6-10(11,12)13/h7H,3-6H2,1-2H3,(H,15,16). The maximum absolute atomic E-state index is 12.3. The molecule has 3 nitrogen and oxygen atoms in total. The zero-order chi connectivity index (χ0) is 12.6. The highest BCUT2D eigenvalue weighted by Gasteiger charge is 2.41. The lowest BCUT2D eigenvalue weighted by Crippen LogP contribution is -2.44. The Morgan fingerprint density at radius 2 is 1.81 bits per heavy atom. The Morgan fingerprint density at radius 1 is 1.31 bits per heavy atom. The van der Waals surface area contributed by atoms with Gasteiger partial charge in [-0.15, -0.1) is 0 Å². The summed E-state index contributed by atoms with van der Waals surface area (Å²) in [6.07, 6.45) is -2.81. The van der Waals surface area contributed by atoms with Crippen molar-refractivity contribution < 1.29 is 23.1 Å². The number of carboxylic acids is 1. The molecular weight excluding hydrogens is 223 g/mol. The van der Waals surface area contributed by atoms with Crippen LogP contribution in [0.2, 0.25) is 0 Å². The minimum Gasteiger partial charge on any atom is -0.481 e. The first-order valence-electron chi connectivity index (χ1n) is 5.16. The van der Waals surface area contributed by atoms with E-state index in [1.165, 1.54) is 18.7 Å². The summed E-state index contributed by atoms with van der Waals surface area (Å²) >= 11 is 0. The van der Waals surface area contributed by atoms with Gasteiger partial charge in [-0.1, -0.05) is 0 Å². The van der Waals surface area contributed by atoms with Gasteiger partial charge in [-0.05, 0) is 26.7 Å². The van der Waals surface area contributed by atoms with Crippen molar-refractivity contribution in [1.29, 1.82) is 0 Å². The molecule has 0 atom stereocenters. The fraction of sp³-hybridized carbons (Fsp3) is 0.900. The fourth-order valence-electron chi connectivity index (χ4n) is 1.56. The first-order valence-corrected chi connectivity index (χ1v) is 5.16. The predicted molar refractivity (Wildman–Crippen MR) is 52.1 cm³/mol. The van der Waals surface area contributed by atoms with Gasteiger partial charge in [-0.3, -0.25) is 9.69 Å². The zero-order valence-electron chi connectivity index (χ0n) is 9.34. The zero-order valence-corrected chi connectivity index (χ0v) is 9.34. The molecule has 1 saturated carbocycles. The van der Waals surface area contributed by atoms with Crippen molar-refractivity contribution in [3.8, 4) is 0 Å². The summed E-state index contributed by atoms with van der Waals surface area (Å²) in [5.74, 6) is -1.07. The summed E-state index contributed by atoms with van der Waals surface area (Å²) in [7, 11) is 0. The number of carboxylic acid groups (broad SMARTS) is 1. The van der Waals surface area contributed by atoms with Gasteiger partial charge in [-0.25, -0.2) is 0 Å². The van der Waals surface area contributed by atoms with Gasteiger partial charge in [0.15, 0.2) is 0 Å². The number of alkyl halides is 3. The Hall–Kier alpha value is -0.780. The van der Waals surface area contributed by atoms with Gasteiger partial charge in [0.2, 0.25) is 0 Å². The van der Waals surface area contributed by atoms with Crippen LogP contribution in [0.25, 0.3) is 0 Å². The van der Waals surface area contributed by atoms with E-state index < -0.39 is 24.1 Å². The lowest BCUT2D eigenvalue weighted by molar-refractivity contribution is -0.159. The molecule has 0 heterocycles. The lowest BCUT2D eigenvalue weighted by Gasteiger charge is -2.30. The molecule has 1 aliphatic rings. The topological polar surface area (TPSA) is 40.5 Å². The number of hydrogen-bond donors (Lipinski definition) is 1. The minimum atomic E-state index is -4.27. The number of carbonyl (C=O) groups is 1. The van der Waals surface area contributed by atoms with Gasteiger partial charge in [0.1, 0.15) is 0 Å². The summed E-state index contributed by atoms with van der Waals surface area (Å²) in [6, 6.07) is -0.0970. The Labute approximate surface area is 92.2 Å². The molecule has 1 aliphatic carbocycles. The van der Waals surface area contributed by atoms with Crippen LogP contribution in [0.1, 0.15) is 26.7 Å². The molecule has 0 aliphatic heterocycles. The summed E-state index contributed by atoms with van der Waals surface area (Å²) < 4.78 is 36.8. The number of aliphatic carboxylic acids is 1. The molecule has 0 aromatic carbocycles. The molecule has 0 bridgehead atoms. The highest BCUT2D eigenvalue weighted by molar-refractivity contribution is 5.73. The van der Waals surface area contributed by atoms with Crippen molar-refractivity contribution in [2.45, 2.75) is 38.9 Å². The van der Waals surface area contributed by atoms with Crippen molar-refractivity contribution in [1.82, 2.24) is 4.90 Å². The van der Waals surface area contributed by atoms with Crippen LogP contribution >= 0.6 is 0 Å². The van der Waals surface area contributed by atoms with Gasteiger partial charge in [0.25, 0.3) is 0 Å². The van der Waals surface area contributed by atoms with Crippen LogP contribution in [0, 0.1) is 5.41 Å². The van der Waals surface area contributed by atoms with Gasteiger partial charge in [0.05, 0.1) is 12.0 Å². The van der Waals surface area contributed by atoms with Crippen LogP contribution in [-0.2, 0) is 4.79 Å². The first kappa shape index (κ1) is 13.3. The maximum Gasteiger partial charge on any atom is 0.401 e. The van der Waals surface area contributed by atoms with E-state index in [-0.39, 0.29) is 12.6 Å². The Kier molecular flexibility index (Phi) is 3.52. The van der Waals surface area contributed by atoms with Crippen LogP contribution in [0.4, 0.5) is 13.2 Å². The number of hydrogen-bond acceptors (Lipinski definition) is 2. The second kappa shape index (κ2) is 4.24. The third-order valence-corrected chi connectivity index (χ3v) is 2.62. The number of halogens is 3. The summed E-state index contributed by atoms with van der Waals surface area (Å²) in [5.41, 5.74) is -1.14. The molecule has 94 valence electrons. The largest absolute Gasteiger partial charge is 0.481 e. The van der Waals surface area contributed by atoms with Crippen molar-refractivity contribution >= 4 is 5.97 Å². The van der Waals surface area contributed by atoms with Crippen LogP contribution < -0.4 is 0 Å². The normalized spacial score (nSPS) is 17.9. The molecule has 0 radical (unpaired) electrons. The van der Waals surface area contributed by atoms with Crippen LogP contribution in [0.5, 0.6) is 0 Å². The summed E-state index contributed by atoms with van der Waals surface area (Å²) in [6.45, 7) is 1.81. The molecule has 0 spiro atoms. The van der Waals surface area contributed by atoms with Gasteiger partial charge < -0.3 is 5.11 Å².